The van der Waals surface area contributed by atoms with Gasteiger partial charge in [0.05, 0.1) is 24.8 Å². The van der Waals surface area contributed by atoms with Crippen LogP contribution in [0.25, 0.3) is 0 Å². The van der Waals surface area contributed by atoms with Crippen LogP contribution in [0, 0.1) is 12.8 Å². The maximum atomic E-state index is 13.1. The summed E-state index contributed by atoms with van der Waals surface area (Å²) in [6, 6.07) is 11.3. The molecule has 2 atom stereocenters. The predicted octanol–water partition coefficient (Wildman–Crippen LogP) is 2.17. The zero-order chi connectivity index (χ0) is 19.4. The van der Waals surface area contributed by atoms with Crippen LogP contribution in [0.15, 0.2) is 36.4 Å². The number of ether oxygens (including phenoxy) is 1. The average Bonchev–Trinajstić information content (AvgIpc) is 3.26. The van der Waals surface area contributed by atoms with Gasteiger partial charge in [0, 0.05) is 25.6 Å². The Bertz CT molecular complexity index is 803. The first-order valence-electron chi connectivity index (χ1n) is 9.20. The van der Waals surface area contributed by atoms with Gasteiger partial charge in [-0.05, 0) is 25.5 Å². The number of carboxylic acids is 1. The van der Waals surface area contributed by atoms with Crippen LogP contribution < -0.4 is 0 Å². The molecule has 1 saturated heterocycles. The smallest absolute Gasteiger partial charge is 0.308 e. The van der Waals surface area contributed by atoms with Gasteiger partial charge in [0.1, 0.15) is 5.69 Å². The van der Waals surface area contributed by atoms with Crippen molar-refractivity contribution in [1.82, 2.24) is 14.7 Å². The van der Waals surface area contributed by atoms with Gasteiger partial charge in [0.2, 0.25) is 0 Å². The molecule has 0 saturated carbocycles. The van der Waals surface area contributed by atoms with Crippen LogP contribution in [0.4, 0.5) is 0 Å². The summed E-state index contributed by atoms with van der Waals surface area (Å²) in [5.41, 5.74) is 2.18. The molecule has 0 radical (unpaired) electrons. The summed E-state index contributed by atoms with van der Waals surface area (Å²) < 4.78 is 7.02. The SMILES string of the molecule is CCOCCn1nc(C)cc1C(=O)N1C[C@H](C(=O)O)[C@@H](c2ccccc2)C1. The number of carbonyl (C=O) groups is 2. The number of amides is 1. The van der Waals surface area contributed by atoms with Crippen LogP contribution in [0.5, 0.6) is 0 Å². The summed E-state index contributed by atoms with van der Waals surface area (Å²) in [5.74, 6) is -1.89. The van der Waals surface area contributed by atoms with Gasteiger partial charge in [-0.2, -0.15) is 5.10 Å². The number of carbonyl (C=O) groups excluding carboxylic acids is 1. The molecule has 0 unspecified atom stereocenters. The number of carboxylic acid groups (broad SMARTS) is 1. The molecular formula is C20H25N3O4. The van der Waals surface area contributed by atoms with Gasteiger partial charge in [-0.15, -0.1) is 0 Å². The van der Waals surface area contributed by atoms with Gasteiger partial charge in [-0.3, -0.25) is 14.3 Å². The largest absolute Gasteiger partial charge is 0.481 e. The van der Waals surface area contributed by atoms with E-state index in [2.05, 4.69) is 5.10 Å². The zero-order valence-electron chi connectivity index (χ0n) is 15.7. The van der Waals surface area contributed by atoms with Crippen molar-refractivity contribution in [2.75, 3.05) is 26.3 Å². The third kappa shape index (κ3) is 4.19. The number of hydrogen-bond donors (Lipinski definition) is 1. The van der Waals surface area contributed by atoms with Crippen molar-refractivity contribution in [3.05, 3.63) is 53.3 Å². The minimum atomic E-state index is -0.875. The molecule has 1 N–H and O–H groups in total. The Balaban J connectivity index is 1.80. The number of benzene rings is 1. The molecule has 1 amide bonds. The Labute approximate surface area is 158 Å². The van der Waals surface area contributed by atoms with Gasteiger partial charge in [-0.1, -0.05) is 30.3 Å². The standard InChI is InChI=1S/C20H25N3O4/c1-3-27-10-9-23-18(11-14(2)21-23)19(24)22-12-16(17(13-22)20(25)26)15-7-5-4-6-8-15/h4-8,11,16-17H,3,9-10,12-13H2,1-2H3,(H,25,26)/t16-,17+/m1/s1. The first-order valence-corrected chi connectivity index (χ1v) is 9.20. The van der Waals surface area contributed by atoms with Crippen molar-refractivity contribution in [2.24, 2.45) is 5.92 Å². The third-order valence-corrected chi connectivity index (χ3v) is 4.92. The Morgan fingerprint density at radius 1 is 1.26 bits per heavy atom. The number of nitrogens with zero attached hydrogens (tertiary/aromatic N) is 3. The minimum Gasteiger partial charge on any atom is -0.481 e. The van der Waals surface area contributed by atoms with Crippen LogP contribution in [0.2, 0.25) is 0 Å². The molecule has 1 aliphatic rings. The van der Waals surface area contributed by atoms with Crippen LogP contribution in [0.3, 0.4) is 0 Å². The van der Waals surface area contributed by atoms with E-state index in [1.54, 1.807) is 15.6 Å². The van der Waals surface area contributed by atoms with Crippen molar-refractivity contribution in [3.8, 4) is 0 Å². The maximum absolute atomic E-state index is 13.1. The lowest BCUT2D eigenvalue weighted by Crippen LogP contribution is -2.32. The lowest BCUT2D eigenvalue weighted by molar-refractivity contribution is -0.141. The van der Waals surface area contributed by atoms with Crippen LogP contribution in [0.1, 0.15) is 34.6 Å². The fraction of sp³-hybridized carbons (Fsp3) is 0.450. The highest BCUT2D eigenvalue weighted by Crippen LogP contribution is 2.33. The van der Waals surface area contributed by atoms with Gasteiger partial charge in [-0.25, -0.2) is 0 Å². The lowest BCUT2D eigenvalue weighted by Gasteiger charge is -2.17. The van der Waals surface area contributed by atoms with E-state index in [0.717, 1.165) is 11.3 Å². The van der Waals surface area contributed by atoms with Crippen molar-refractivity contribution in [1.29, 1.82) is 0 Å². The third-order valence-electron chi connectivity index (χ3n) is 4.92. The van der Waals surface area contributed by atoms with E-state index in [9.17, 15) is 14.7 Å². The molecule has 3 rings (SSSR count). The van der Waals surface area contributed by atoms with E-state index in [4.69, 9.17) is 4.74 Å². The maximum Gasteiger partial charge on any atom is 0.308 e. The summed E-state index contributed by atoms with van der Waals surface area (Å²) in [5, 5.41) is 14.0. The summed E-state index contributed by atoms with van der Waals surface area (Å²) in [6.45, 7) is 5.90. The Morgan fingerprint density at radius 3 is 2.67 bits per heavy atom. The summed E-state index contributed by atoms with van der Waals surface area (Å²) >= 11 is 0. The van der Waals surface area contributed by atoms with Crippen molar-refractivity contribution >= 4 is 11.9 Å². The van der Waals surface area contributed by atoms with Crippen LogP contribution in [-0.2, 0) is 16.1 Å². The predicted molar refractivity (Wildman–Crippen MR) is 99.7 cm³/mol. The summed E-state index contributed by atoms with van der Waals surface area (Å²) in [6.07, 6.45) is 0. The van der Waals surface area contributed by atoms with Gasteiger partial charge in [0.25, 0.3) is 5.91 Å². The minimum absolute atomic E-state index is 0.184. The molecule has 1 fully saturated rings. The fourth-order valence-corrected chi connectivity index (χ4v) is 3.60. The first kappa shape index (κ1) is 19.1. The van der Waals surface area contributed by atoms with Crippen LogP contribution >= 0.6 is 0 Å². The van der Waals surface area contributed by atoms with Gasteiger partial charge in [0.15, 0.2) is 0 Å². The van der Waals surface area contributed by atoms with Crippen molar-refractivity contribution in [2.45, 2.75) is 26.3 Å². The summed E-state index contributed by atoms with van der Waals surface area (Å²) in [7, 11) is 0. The fourth-order valence-electron chi connectivity index (χ4n) is 3.60. The molecule has 7 nitrogen and oxygen atoms in total. The number of likely N-dealkylation sites (tertiary alicyclic amines) is 1. The molecule has 2 aromatic rings. The Hall–Kier alpha value is -2.67. The number of rotatable bonds is 7. The highest BCUT2D eigenvalue weighted by molar-refractivity contribution is 5.93. The molecule has 144 valence electrons. The number of aryl methyl sites for hydroxylation is 1. The second kappa shape index (κ2) is 8.35. The van der Waals surface area contributed by atoms with E-state index < -0.39 is 11.9 Å². The van der Waals surface area contributed by atoms with E-state index in [0.29, 0.717) is 32.0 Å². The highest BCUT2D eigenvalue weighted by Gasteiger charge is 2.41. The second-order valence-electron chi connectivity index (χ2n) is 6.76. The Kier molecular flexibility index (Phi) is 5.91. The molecule has 0 aliphatic carbocycles. The first-order chi connectivity index (χ1) is 13.0. The second-order valence-corrected chi connectivity index (χ2v) is 6.76. The molecule has 1 aromatic heterocycles. The molecule has 1 aliphatic heterocycles. The van der Waals surface area contributed by atoms with Gasteiger partial charge < -0.3 is 14.7 Å². The normalized spacial score (nSPS) is 19.4. The molecule has 2 heterocycles. The van der Waals surface area contributed by atoms with E-state index >= 15 is 0 Å². The molecular weight excluding hydrogens is 346 g/mol. The van der Waals surface area contributed by atoms with E-state index in [1.165, 1.54) is 0 Å². The van der Waals surface area contributed by atoms with E-state index in [1.807, 2.05) is 44.2 Å². The molecule has 7 heteroatoms. The monoisotopic (exact) mass is 371 g/mol. The van der Waals surface area contributed by atoms with Crippen molar-refractivity contribution < 1.29 is 19.4 Å². The number of aliphatic carboxylic acids is 1. The molecule has 1 aromatic carbocycles. The average molecular weight is 371 g/mol. The quantitative estimate of drug-likeness (QED) is 0.754. The lowest BCUT2D eigenvalue weighted by atomic mass is 9.89. The topological polar surface area (TPSA) is 84.7 Å². The van der Waals surface area contributed by atoms with E-state index in [-0.39, 0.29) is 18.4 Å². The molecule has 0 bridgehead atoms. The van der Waals surface area contributed by atoms with Crippen molar-refractivity contribution in [3.63, 3.8) is 0 Å². The Morgan fingerprint density at radius 2 is 2.00 bits per heavy atom. The van der Waals surface area contributed by atoms with Gasteiger partial charge >= 0.3 is 5.97 Å². The zero-order valence-corrected chi connectivity index (χ0v) is 15.7. The number of aromatic nitrogens is 2. The molecule has 0 spiro atoms. The summed E-state index contributed by atoms with van der Waals surface area (Å²) in [4.78, 5) is 26.5. The van der Waals surface area contributed by atoms with Crippen LogP contribution in [-0.4, -0.2) is 58.0 Å². The molecule has 27 heavy (non-hydrogen) atoms. The highest BCUT2D eigenvalue weighted by atomic mass is 16.5. The number of hydrogen-bond acceptors (Lipinski definition) is 4.